The van der Waals surface area contributed by atoms with Crippen molar-refractivity contribution in [1.82, 2.24) is 10.3 Å². The lowest BCUT2D eigenvalue weighted by atomic mass is 9.88. The summed E-state index contributed by atoms with van der Waals surface area (Å²) in [7, 11) is 0. The molecule has 2 heterocycles. The third kappa shape index (κ3) is 4.60. The summed E-state index contributed by atoms with van der Waals surface area (Å²) in [6.07, 6.45) is -2.27. The molecular formula is C27H26F2N2O4. The molecule has 0 radical (unpaired) electrons. The van der Waals surface area contributed by atoms with E-state index in [2.05, 4.69) is 14.8 Å². The number of hydrogen-bond acceptors (Lipinski definition) is 5. The molecule has 8 heteroatoms. The first-order valence-electron chi connectivity index (χ1n) is 11.4. The molecule has 0 unspecified atom stereocenters. The number of pyridine rings is 1. The normalized spacial score (nSPS) is 16.6. The molecule has 1 N–H and O–H groups in total. The Labute approximate surface area is 202 Å². The standard InChI is InChI=1S/C27H24F2N2O4.H2/c1-16-6-8-21(31-25(16)19-5-3-4-18(12-19)15-30-17(2)32)14-24(33)26(10-11-26)20-7-9-22-23(13-20)35-27(28,29)34-22;/h3-9,12-13H,10-11,14-15H2,1-2H3,(H,30,32);1H. The van der Waals surface area contributed by atoms with Gasteiger partial charge in [-0.15, -0.1) is 8.78 Å². The second-order valence-electron chi connectivity index (χ2n) is 9.09. The van der Waals surface area contributed by atoms with E-state index < -0.39 is 11.7 Å². The Kier molecular flexibility index (Phi) is 5.54. The summed E-state index contributed by atoms with van der Waals surface area (Å²) < 4.78 is 35.8. The maximum Gasteiger partial charge on any atom is 0.586 e. The number of Topliss-reactive ketones (excluding diaryl/α,β-unsaturated/α-hetero) is 1. The molecule has 35 heavy (non-hydrogen) atoms. The number of halogens is 2. The van der Waals surface area contributed by atoms with Crippen LogP contribution in [0.3, 0.4) is 0 Å². The zero-order valence-corrected chi connectivity index (χ0v) is 19.4. The molecule has 0 saturated heterocycles. The molecule has 3 aromatic rings. The molecule has 0 bridgehead atoms. The zero-order valence-electron chi connectivity index (χ0n) is 19.4. The van der Waals surface area contributed by atoms with E-state index in [1.807, 2.05) is 43.3 Å². The number of benzene rings is 2. The smallest absolute Gasteiger partial charge is 0.395 e. The van der Waals surface area contributed by atoms with E-state index in [1.54, 1.807) is 6.07 Å². The summed E-state index contributed by atoms with van der Waals surface area (Å²) in [6.45, 7) is 3.85. The van der Waals surface area contributed by atoms with Gasteiger partial charge in [0.2, 0.25) is 5.91 Å². The highest BCUT2D eigenvalue weighted by atomic mass is 19.3. The second-order valence-corrected chi connectivity index (χ2v) is 9.09. The number of ether oxygens (including phenoxy) is 2. The summed E-state index contributed by atoms with van der Waals surface area (Å²) in [5.74, 6) is -0.200. The highest BCUT2D eigenvalue weighted by Gasteiger charge is 2.52. The monoisotopic (exact) mass is 480 g/mol. The van der Waals surface area contributed by atoms with Gasteiger partial charge in [0.25, 0.3) is 0 Å². The Hall–Kier alpha value is -3.81. The van der Waals surface area contributed by atoms with Gasteiger partial charge < -0.3 is 14.8 Å². The van der Waals surface area contributed by atoms with Crippen LogP contribution >= 0.6 is 0 Å². The molecule has 182 valence electrons. The molecule has 0 atom stereocenters. The quantitative estimate of drug-likeness (QED) is 0.509. The first-order chi connectivity index (χ1) is 16.6. The number of fused-ring (bicyclic) bond motifs is 1. The third-order valence-corrected chi connectivity index (χ3v) is 6.48. The number of aromatic nitrogens is 1. The molecule has 1 aromatic heterocycles. The van der Waals surface area contributed by atoms with Gasteiger partial charge in [0.1, 0.15) is 5.78 Å². The van der Waals surface area contributed by atoms with Gasteiger partial charge in [0.05, 0.1) is 11.1 Å². The van der Waals surface area contributed by atoms with Gasteiger partial charge in [-0.25, -0.2) is 0 Å². The first-order valence-corrected chi connectivity index (χ1v) is 11.4. The van der Waals surface area contributed by atoms with Crippen molar-refractivity contribution in [2.75, 3.05) is 0 Å². The van der Waals surface area contributed by atoms with Gasteiger partial charge in [-0.1, -0.05) is 30.3 Å². The SMILES string of the molecule is CC(=O)NCc1cccc(-c2nc(CC(=O)C3(c4ccc5c(c4)OC(F)(F)O5)CC3)ccc2C)c1.[HH]. The van der Waals surface area contributed by atoms with E-state index in [0.29, 0.717) is 30.6 Å². The van der Waals surface area contributed by atoms with E-state index in [-0.39, 0.29) is 31.0 Å². The van der Waals surface area contributed by atoms with Gasteiger partial charge in [-0.3, -0.25) is 14.6 Å². The third-order valence-electron chi connectivity index (χ3n) is 6.48. The maximum atomic E-state index is 13.4. The number of nitrogens with one attached hydrogen (secondary N) is 1. The Morgan fingerprint density at radius 3 is 2.57 bits per heavy atom. The van der Waals surface area contributed by atoms with Crippen molar-refractivity contribution in [2.45, 2.75) is 51.4 Å². The summed E-state index contributed by atoms with van der Waals surface area (Å²) in [5.41, 5.74) is 4.16. The lowest BCUT2D eigenvalue weighted by molar-refractivity contribution is -0.286. The van der Waals surface area contributed by atoms with E-state index in [4.69, 9.17) is 4.98 Å². The molecule has 5 rings (SSSR count). The molecule has 1 aliphatic heterocycles. The van der Waals surface area contributed by atoms with Crippen LogP contribution in [0, 0.1) is 6.92 Å². The lowest BCUT2D eigenvalue weighted by Gasteiger charge is -2.16. The number of nitrogens with zero attached hydrogens (tertiary/aromatic N) is 1. The molecule has 1 aliphatic carbocycles. The molecule has 1 saturated carbocycles. The van der Waals surface area contributed by atoms with Crippen LogP contribution in [-0.2, 0) is 28.0 Å². The number of aryl methyl sites for hydroxylation is 1. The Balaban J connectivity index is 0.00000304. The lowest BCUT2D eigenvalue weighted by Crippen LogP contribution is -2.26. The van der Waals surface area contributed by atoms with Crippen molar-refractivity contribution in [3.63, 3.8) is 0 Å². The summed E-state index contributed by atoms with van der Waals surface area (Å²) in [6, 6.07) is 16.1. The fourth-order valence-corrected chi connectivity index (χ4v) is 4.45. The van der Waals surface area contributed by atoms with Crippen LogP contribution in [0.2, 0.25) is 0 Å². The van der Waals surface area contributed by atoms with E-state index in [0.717, 1.165) is 22.4 Å². The number of alkyl halides is 2. The van der Waals surface area contributed by atoms with Crippen LogP contribution in [0.4, 0.5) is 8.78 Å². The molecule has 2 aliphatic rings. The number of rotatable bonds is 7. The molecular weight excluding hydrogens is 454 g/mol. The van der Waals surface area contributed by atoms with Gasteiger partial charge in [0, 0.05) is 32.6 Å². The van der Waals surface area contributed by atoms with Crippen molar-refractivity contribution in [1.29, 1.82) is 0 Å². The number of ketones is 1. The maximum absolute atomic E-state index is 13.4. The number of hydrogen-bond donors (Lipinski definition) is 1. The average molecular weight is 481 g/mol. The van der Waals surface area contributed by atoms with E-state index in [9.17, 15) is 18.4 Å². The number of carbonyl (C=O) groups excluding carboxylic acids is 2. The Morgan fingerprint density at radius 1 is 1.06 bits per heavy atom. The fraction of sp³-hybridized carbons (Fsp3) is 0.296. The Bertz CT molecular complexity index is 1340. The van der Waals surface area contributed by atoms with Crippen LogP contribution < -0.4 is 14.8 Å². The van der Waals surface area contributed by atoms with Crippen LogP contribution in [0.5, 0.6) is 11.5 Å². The van der Waals surface area contributed by atoms with Crippen molar-refractivity contribution in [3.05, 3.63) is 77.0 Å². The predicted molar refractivity (Wildman–Crippen MR) is 126 cm³/mol. The molecule has 1 amide bonds. The summed E-state index contributed by atoms with van der Waals surface area (Å²) >= 11 is 0. The van der Waals surface area contributed by atoms with Crippen LogP contribution in [-0.4, -0.2) is 23.0 Å². The topological polar surface area (TPSA) is 77.5 Å². The van der Waals surface area contributed by atoms with Crippen molar-refractivity contribution in [3.8, 4) is 22.8 Å². The van der Waals surface area contributed by atoms with Crippen molar-refractivity contribution in [2.24, 2.45) is 0 Å². The second kappa shape index (κ2) is 8.45. The van der Waals surface area contributed by atoms with Gasteiger partial charge in [0.15, 0.2) is 11.5 Å². The molecule has 1 fully saturated rings. The highest BCUT2D eigenvalue weighted by Crippen LogP contribution is 2.52. The van der Waals surface area contributed by atoms with Crippen LogP contribution in [0.25, 0.3) is 11.3 Å². The zero-order chi connectivity index (χ0) is 24.8. The average Bonchev–Trinajstić information content (AvgIpc) is 3.56. The Morgan fingerprint density at radius 2 is 1.83 bits per heavy atom. The predicted octanol–water partition coefficient (Wildman–Crippen LogP) is 5.10. The summed E-state index contributed by atoms with van der Waals surface area (Å²) in [5, 5.41) is 2.79. The molecule has 2 aromatic carbocycles. The minimum atomic E-state index is -3.69. The van der Waals surface area contributed by atoms with Gasteiger partial charge >= 0.3 is 6.29 Å². The first kappa shape index (κ1) is 23.0. The van der Waals surface area contributed by atoms with E-state index in [1.165, 1.54) is 19.1 Å². The van der Waals surface area contributed by atoms with Crippen molar-refractivity contribution < 1.29 is 29.3 Å². The number of carbonyl (C=O) groups is 2. The fourth-order valence-electron chi connectivity index (χ4n) is 4.45. The summed E-state index contributed by atoms with van der Waals surface area (Å²) in [4.78, 5) is 29.4. The van der Waals surface area contributed by atoms with Crippen LogP contribution in [0.15, 0.2) is 54.6 Å². The molecule has 6 nitrogen and oxygen atoms in total. The van der Waals surface area contributed by atoms with Gasteiger partial charge in [-0.05, 0) is 60.7 Å². The minimum absolute atomic E-state index is 0. The number of amides is 1. The largest absolute Gasteiger partial charge is 0.586 e. The van der Waals surface area contributed by atoms with Crippen molar-refractivity contribution >= 4 is 11.7 Å². The van der Waals surface area contributed by atoms with E-state index >= 15 is 0 Å². The molecule has 0 spiro atoms. The van der Waals surface area contributed by atoms with Crippen LogP contribution in [0.1, 0.15) is 43.6 Å². The van der Waals surface area contributed by atoms with Gasteiger partial charge in [-0.2, -0.15) is 0 Å². The highest BCUT2D eigenvalue weighted by molar-refractivity contribution is 5.94. The minimum Gasteiger partial charge on any atom is -0.395 e.